The first-order valence-corrected chi connectivity index (χ1v) is 15.8. The van der Waals surface area contributed by atoms with Gasteiger partial charge in [0, 0.05) is 12.5 Å². The molecule has 0 aromatic carbocycles. The molecule has 1 aliphatic rings. The van der Waals surface area contributed by atoms with Gasteiger partial charge in [0.2, 0.25) is 0 Å². The van der Waals surface area contributed by atoms with Crippen LogP contribution in [0.2, 0.25) is 0 Å². The van der Waals surface area contributed by atoms with Crippen LogP contribution < -0.4 is 0 Å². The zero-order chi connectivity index (χ0) is 30.3. The summed E-state index contributed by atoms with van der Waals surface area (Å²) < 4.78 is 4.96. The number of carbonyl (C=O) groups excluding carboxylic acids is 2. The zero-order valence-corrected chi connectivity index (χ0v) is 26.8. The first-order chi connectivity index (χ1) is 19.7. The van der Waals surface area contributed by atoms with Crippen molar-refractivity contribution in [3.05, 3.63) is 95.2 Å². The fourth-order valence-corrected chi connectivity index (χ4v) is 4.95. The van der Waals surface area contributed by atoms with E-state index in [-0.39, 0.29) is 11.8 Å². The molecule has 3 heteroatoms. The van der Waals surface area contributed by atoms with E-state index in [0.29, 0.717) is 0 Å². The Bertz CT molecular complexity index is 1040. The predicted octanol–water partition coefficient (Wildman–Crippen LogP) is 11.2. The Hall–Kier alpha value is -2.94. The molecule has 0 fully saturated rings. The van der Waals surface area contributed by atoms with Crippen molar-refractivity contribution < 1.29 is 14.3 Å². The number of ether oxygens (including phenoxy) is 1. The van der Waals surface area contributed by atoms with Gasteiger partial charge in [0.25, 0.3) is 0 Å². The summed E-state index contributed by atoms with van der Waals surface area (Å²) in [4.78, 5) is 24.1. The van der Waals surface area contributed by atoms with E-state index in [9.17, 15) is 9.59 Å². The molecule has 0 unspecified atom stereocenters. The zero-order valence-electron chi connectivity index (χ0n) is 26.8. The van der Waals surface area contributed by atoms with Gasteiger partial charge < -0.3 is 4.74 Å². The number of hydrogen-bond donors (Lipinski definition) is 0. The second-order valence-corrected chi connectivity index (χ2v) is 11.8. The van der Waals surface area contributed by atoms with Crippen molar-refractivity contribution in [2.24, 2.45) is 5.41 Å². The standard InChI is InChI=1S/C38H56O3/c1-7-8-9-10-11-12-13-14-15-16-17-18-19-20-21-27-36(39)41-37(40)31-33(3)25-22-24-32(2)28-29-35-34(4)26-23-30-38(35,5)6/h8-9,11-12,14-15,22,24-25,28-29,31H,7,10,13,16-21,23,26-27,30H2,1-6H3/b9-8-,12-11-,15-14-,25-22?,29-28?,32-24?,33-31?. The van der Waals surface area contributed by atoms with Crippen molar-refractivity contribution in [2.75, 3.05) is 0 Å². The van der Waals surface area contributed by atoms with E-state index in [1.54, 1.807) is 0 Å². The van der Waals surface area contributed by atoms with Crippen LogP contribution in [0.4, 0.5) is 0 Å². The molecule has 0 saturated carbocycles. The van der Waals surface area contributed by atoms with Crippen molar-refractivity contribution >= 4 is 11.9 Å². The highest BCUT2D eigenvalue weighted by Gasteiger charge is 2.26. The monoisotopic (exact) mass is 560 g/mol. The average Bonchev–Trinajstić information content (AvgIpc) is 2.90. The van der Waals surface area contributed by atoms with Crippen LogP contribution in [0.1, 0.15) is 125 Å². The lowest BCUT2D eigenvalue weighted by atomic mass is 9.72. The summed E-state index contributed by atoms with van der Waals surface area (Å²) >= 11 is 0. The molecule has 0 aromatic heterocycles. The minimum absolute atomic E-state index is 0.229. The molecule has 41 heavy (non-hydrogen) atoms. The van der Waals surface area contributed by atoms with Crippen molar-refractivity contribution in [1.29, 1.82) is 0 Å². The molecule has 0 bridgehead atoms. The third-order valence-electron chi connectivity index (χ3n) is 7.37. The molecule has 0 spiro atoms. The minimum atomic E-state index is -0.598. The molecule has 0 N–H and O–H groups in total. The smallest absolute Gasteiger partial charge is 0.338 e. The molecule has 226 valence electrons. The SMILES string of the molecule is CC/C=C\C/C=C\C/C=C\CCCCCCCC(=O)OC(=O)C=C(C)C=CC=C(C)C=CC1=C(C)CCCC1(C)C. The molecule has 0 atom stereocenters. The van der Waals surface area contributed by atoms with Crippen LogP contribution >= 0.6 is 0 Å². The fraction of sp³-hybridized carbons (Fsp3) is 0.526. The second-order valence-electron chi connectivity index (χ2n) is 11.8. The highest BCUT2D eigenvalue weighted by Crippen LogP contribution is 2.40. The number of carbonyl (C=O) groups is 2. The van der Waals surface area contributed by atoms with E-state index < -0.39 is 11.9 Å². The van der Waals surface area contributed by atoms with E-state index in [1.165, 1.54) is 42.9 Å². The van der Waals surface area contributed by atoms with Gasteiger partial charge in [0.1, 0.15) is 0 Å². The molecular weight excluding hydrogens is 504 g/mol. The van der Waals surface area contributed by atoms with Gasteiger partial charge in [-0.1, -0.05) is 118 Å². The maximum atomic E-state index is 12.1. The number of rotatable bonds is 18. The highest BCUT2D eigenvalue weighted by molar-refractivity contribution is 5.92. The van der Waals surface area contributed by atoms with Crippen molar-refractivity contribution in [3.63, 3.8) is 0 Å². The number of hydrogen-bond acceptors (Lipinski definition) is 3. The van der Waals surface area contributed by atoms with Crippen molar-refractivity contribution in [2.45, 2.75) is 125 Å². The van der Waals surface area contributed by atoms with Gasteiger partial charge in [-0.3, -0.25) is 4.79 Å². The van der Waals surface area contributed by atoms with Crippen molar-refractivity contribution in [3.8, 4) is 0 Å². The first kappa shape index (κ1) is 36.1. The molecule has 0 saturated heterocycles. The molecule has 1 aliphatic carbocycles. The van der Waals surface area contributed by atoms with Gasteiger partial charge in [-0.2, -0.15) is 0 Å². The normalized spacial score (nSPS) is 16.8. The molecule has 0 aliphatic heterocycles. The van der Waals surface area contributed by atoms with Crippen LogP contribution in [0.3, 0.4) is 0 Å². The fourth-order valence-electron chi connectivity index (χ4n) is 4.95. The lowest BCUT2D eigenvalue weighted by Crippen LogP contribution is -2.19. The Morgan fingerprint density at radius 2 is 1.51 bits per heavy atom. The lowest BCUT2D eigenvalue weighted by molar-refractivity contribution is -0.156. The Morgan fingerprint density at radius 3 is 2.22 bits per heavy atom. The van der Waals surface area contributed by atoms with Crippen LogP contribution in [-0.2, 0) is 14.3 Å². The van der Waals surface area contributed by atoms with E-state index in [2.05, 4.69) is 83.2 Å². The molecule has 3 nitrogen and oxygen atoms in total. The molecular formula is C38H56O3. The molecule has 1 rings (SSSR count). The van der Waals surface area contributed by atoms with Gasteiger partial charge in [0.15, 0.2) is 0 Å². The second kappa shape index (κ2) is 21.8. The number of allylic oxidation sites excluding steroid dienone is 15. The maximum Gasteiger partial charge on any atom is 0.338 e. The Kier molecular flexibility index (Phi) is 19.2. The van der Waals surface area contributed by atoms with Crippen LogP contribution in [-0.4, -0.2) is 11.9 Å². The summed E-state index contributed by atoms with van der Waals surface area (Å²) in [5.74, 6) is -1.04. The van der Waals surface area contributed by atoms with E-state index in [0.717, 1.165) is 62.5 Å². The van der Waals surface area contributed by atoms with E-state index >= 15 is 0 Å². The van der Waals surface area contributed by atoms with E-state index in [4.69, 9.17) is 4.74 Å². The molecule has 0 radical (unpaired) electrons. The Labute approximate surface area is 251 Å². The Morgan fingerprint density at radius 1 is 0.854 bits per heavy atom. The summed E-state index contributed by atoms with van der Waals surface area (Å²) in [6.07, 6.45) is 38.2. The average molecular weight is 561 g/mol. The van der Waals surface area contributed by atoms with Gasteiger partial charge >= 0.3 is 11.9 Å². The summed E-state index contributed by atoms with van der Waals surface area (Å²) in [6.45, 7) is 12.9. The van der Waals surface area contributed by atoms with Gasteiger partial charge in [-0.15, -0.1) is 0 Å². The van der Waals surface area contributed by atoms with Gasteiger partial charge in [-0.25, -0.2) is 4.79 Å². The summed E-state index contributed by atoms with van der Waals surface area (Å²) in [5, 5.41) is 0. The summed E-state index contributed by atoms with van der Waals surface area (Å²) in [7, 11) is 0. The van der Waals surface area contributed by atoms with Gasteiger partial charge in [0.05, 0.1) is 0 Å². The van der Waals surface area contributed by atoms with Gasteiger partial charge in [-0.05, 0) is 95.1 Å². The molecule has 0 amide bonds. The molecule has 0 aromatic rings. The van der Waals surface area contributed by atoms with Crippen LogP contribution in [0.5, 0.6) is 0 Å². The largest absolute Gasteiger partial charge is 0.390 e. The van der Waals surface area contributed by atoms with Crippen molar-refractivity contribution in [1.82, 2.24) is 0 Å². The summed E-state index contributed by atoms with van der Waals surface area (Å²) in [5.41, 5.74) is 5.05. The predicted molar refractivity (Wildman–Crippen MR) is 176 cm³/mol. The van der Waals surface area contributed by atoms with Crippen LogP contribution in [0, 0.1) is 5.41 Å². The first-order valence-electron chi connectivity index (χ1n) is 15.8. The lowest BCUT2D eigenvalue weighted by Gasteiger charge is -2.32. The molecule has 0 heterocycles. The quantitative estimate of drug-likeness (QED) is 0.0418. The van der Waals surface area contributed by atoms with Crippen LogP contribution in [0.25, 0.3) is 0 Å². The highest BCUT2D eigenvalue weighted by atomic mass is 16.6. The van der Waals surface area contributed by atoms with E-state index in [1.807, 2.05) is 25.2 Å². The topological polar surface area (TPSA) is 43.4 Å². The number of unbranched alkanes of at least 4 members (excludes halogenated alkanes) is 5. The summed E-state index contributed by atoms with van der Waals surface area (Å²) in [6, 6.07) is 0. The van der Waals surface area contributed by atoms with Crippen LogP contribution in [0.15, 0.2) is 95.2 Å². The third kappa shape index (κ3) is 18.2. The minimum Gasteiger partial charge on any atom is -0.390 e. The number of esters is 2. The Balaban J connectivity index is 2.23. The third-order valence-corrected chi connectivity index (χ3v) is 7.37. The maximum absolute atomic E-state index is 12.1.